The van der Waals surface area contributed by atoms with E-state index >= 15 is 0 Å². The van der Waals surface area contributed by atoms with Gasteiger partial charge in [-0.1, -0.05) is 72.8 Å². The minimum Gasteiger partial charge on any atom is -0.455 e. The number of hydrogen-bond donors (Lipinski definition) is 2. The van der Waals surface area contributed by atoms with E-state index in [9.17, 15) is 19.5 Å². The third-order valence-corrected chi connectivity index (χ3v) is 8.28. The molecular weight excluding hydrogens is 532 g/mol. The standard InChI is InChI=1S/C34H44N2O6/c1-41-24-30-32(26-15-10-5-11-16-26)42-34(40)28(21-25-13-6-4-7-14-25)18-9-3-2-8-17-27(33(39)35-30)22-31(38)36-20-12-19-29(36)23-37/h2,4-8,10-11,13-16,27-30,32,37H,3,9,12,17-24H2,1H3,(H,35,39). The van der Waals surface area contributed by atoms with Gasteiger partial charge in [0, 0.05) is 20.1 Å². The summed E-state index contributed by atoms with van der Waals surface area (Å²) in [4.78, 5) is 42.5. The number of nitrogens with one attached hydrogen (secondary N) is 1. The van der Waals surface area contributed by atoms with Crippen LogP contribution in [0.4, 0.5) is 0 Å². The van der Waals surface area contributed by atoms with Gasteiger partial charge in [0.15, 0.2) is 0 Å². The number of allylic oxidation sites excluding steroid dienone is 2. The summed E-state index contributed by atoms with van der Waals surface area (Å²) in [5.41, 5.74) is 1.83. The summed E-state index contributed by atoms with van der Waals surface area (Å²) in [6, 6.07) is 18.5. The second-order valence-electron chi connectivity index (χ2n) is 11.3. The summed E-state index contributed by atoms with van der Waals surface area (Å²) in [6.07, 6.45) is 8.10. The van der Waals surface area contributed by atoms with Crippen molar-refractivity contribution < 1.29 is 29.0 Å². The van der Waals surface area contributed by atoms with Crippen LogP contribution in [0.5, 0.6) is 0 Å². The van der Waals surface area contributed by atoms with Gasteiger partial charge in [-0.05, 0) is 56.1 Å². The molecule has 1 saturated heterocycles. The molecular formula is C34H44N2O6. The Hall–Kier alpha value is -3.49. The van der Waals surface area contributed by atoms with E-state index in [4.69, 9.17) is 9.47 Å². The van der Waals surface area contributed by atoms with Crippen molar-refractivity contribution in [2.24, 2.45) is 11.8 Å². The lowest BCUT2D eigenvalue weighted by molar-refractivity contribution is -0.158. The Kier molecular flexibility index (Phi) is 12.1. The molecule has 0 radical (unpaired) electrons. The van der Waals surface area contributed by atoms with Crippen LogP contribution >= 0.6 is 0 Å². The van der Waals surface area contributed by atoms with E-state index in [-0.39, 0.29) is 49.4 Å². The van der Waals surface area contributed by atoms with E-state index in [2.05, 4.69) is 5.32 Å². The Balaban J connectivity index is 1.61. The van der Waals surface area contributed by atoms with E-state index in [0.29, 0.717) is 25.8 Å². The van der Waals surface area contributed by atoms with Gasteiger partial charge in [-0.3, -0.25) is 14.4 Å². The molecule has 226 valence electrons. The normalized spacial score (nSPS) is 25.9. The van der Waals surface area contributed by atoms with Gasteiger partial charge in [-0.25, -0.2) is 0 Å². The molecule has 2 aromatic carbocycles. The number of carbonyl (C=O) groups excluding carboxylic acids is 3. The first-order valence-electron chi connectivity index (χ1n) is 15.1. The van der Waals surface area contributed by atoms with E-state index in [1.54, 1.807) is 12.0 Å². The summed E-state index contributed by atoms with van der Waals surface area (Å²) >= 11 is 0. The van der Waals surface area contributed by atoms with Crippen LogP contribution in [0, 0.1) is 11.8 Å². The zero-order chi connectivity index (χ0) is 29.7. The summed E-state index contributed by atoms with van der Waals surface area (Å²) in [5, 5.41) is 12.8. The molecule has 5 atom stereocenters. The third-order valence-electron chi connectivity index (χ3n) is 8.28. The Bertz CT molecular complexity index is 1170. The van der Waals surface area contributed by atoms with Crippen molar-refractivity contribution in [3.63, 3.8) is 0 Å². The summed E-state index contributed by atoms with van der Waals surface area (Å²) in [6.45, 7) is 0.641. The zero-order valence-electron chi connectivity index (χ0n) is 24.5. The van der Waals surface area contributed by atoms with Gasteiger partial charge in [0.2, 0.25) is 11.8 Å². The van der Waals surface area contributed by atoms with Crippen LogP contribution in [-0.4, -0.2) is 66.7 Å². The molecule has 0 saturated carbocycles. The van der Waals surface area contributed by atoms with Gasteiger partial charge >= 0.3 is 5.97 Å². The van der Waals surface area contributed by atoms with Gasteiger partial charge in [0.05, 0.1) is 37.1 Å². The van der Waals surface area contributed by atoms with Crippen LogP contribution in [-0.2, 0) is 30.3 Å². The third kappa shape index (κ3) is 8.76. The van der Waals surface area contributed by atoms with Crippen molar-refractivity contribution >= 4 is 17.8 Å². The van der Waals surface area contributed by atoms with Crippen molar-refractivity contribution in [1.82, 2.24) is 10.2 Å². The van der Waals surface area contributed by atoms with Crippen LogP contribution in [0.15, 0.2) is 72.8 Å². The van der Waals surface area contributed by atoms with Crippen molar-refractivity contribution in [1.29, 1.82) is 0 Å². The van der Waals surface area contributed by atoms with E-state index in [1.165, 1.54) is 0 Å². The number of aliphatic hydroxyl groups excluding tert-OH is 1. The average molecular weight is 577 g/mol. The molecule has 2 heterocycles. The Morgan fingerprint density at radius 2 is 1.74 bits per heavy atom. The lowest BCUT2D eigenvalue weighted by atomic mass is 9.92. The van der Waals surface area contributed by atoms with Crippen LogP contribution in [0.3, 0.4) is 0 Å². The topological polar surface area (TPSA) is 105 Å². The van der Waals surface area contributed by atoms with Gasteiger partial charge in [0.25, 0.3) is 0 Å². The van der Waals surface area contributed by atoms with Crippen LogP contribution in [0.1, 0.15) is 62.2 Å². The molecule has 2 amide bonds. The fraction of sp³-hybridized carbons (Fsp3) is 0.500. The monoisotopic (exact) mass is 576 g/mol. The Morgan fingerprint density at radius 1 is 1.00 bits per heavy atom. The highest BCUT2D eigenvalue weighted by atomic mass is 16.5. The van der Waals surface area contributed by atoms with Crippen molar-refractivity contribution in [3.05, 3.63) is 83.9 Å². The minimum atomic E-state index is -0.770. The fourth-order valence-electron chi connectivity index (χ4n) is 5.96. The molecule has 42 heavy (non-hydrogen) atoms. The molecule has 2 N–H and O–H groups in total. The molecule has 0 aromatic heterocycles. The number of methoxy groups -OCH3 is 1. The maximum Gasteiger partial charge on any atom is 0.309 e. The average Bonchev–Trinajstić information content (AvgIpc) is 3.50. The fourth-order valence-corrected chi connectivity index (χ4v) is 5.96. The van der Waals surface area contributed by atoms with E-state index in [1.807, 2.05) is 72.8 Å². The molecule has 8 nitrogen and oxygen atoms in total. The van der Waals surface area contributed by atoms with E-state index < -0.39 is 18.1 Å². The van der Waals surface area contributed by atoms with Crippen molar-refractivity contribution in [2.75, 3.05) is 26.9 Å². The quantitative estimate of drug-likeness (QED) is 0.357. The minimum absolute atomic E-state index is 0.0430. The molecule has 2 aliphatic rings. The van der Waals surface area contributed by atoms with Crippen molar-refractivity contribution in [3.8, 4) is 0 Å². The highest BCUT2D eigenvalue weighted by Crippen LogP contribution is 2.28. The molecule has 8 heteroatoms. The number of aliphatic hydroxyl groups is 1. The molecule has 5 unspecified atom stereocenters. The molecule has 1 fully saturated rings. The number of amides is 2. The number of carbonyl (C=O) groups is 3. The first kappa shape index (κ1) is 31.4. The highest BCUT2D eigenvalue weighted by Gasteiger charge is 2.35. The van der Waals surface area contributed by atoms with Crippen molar-refractivity contribution in [2.45, 2.75) is 69.6 Å². The zero-order valence-corrected chi connectivity index (χ0v) is 24.5. The predicted octanol–water partition coefficient (Wildman–Crippen LogP) is 4.38. The maximum atomic E-state index is 13.8. The summed E-state index contributed by atoms with van der Waals surface area (Å²) in [7, 11) is 1.55. The molecule has 0 bridgehead atoms. The van der Waals surface area contributed by atoms with Gasteiger partial charge < -0.3 is 24.8 Å². The predicted molar refractivity (Wildman–Crippen MR) is 160 cm³/mol. The molecule has 0 aliphatic carbocycles. The molecule has 0 spiro atoms. The van der Waals surface area contributed by atoms with Crippen LogP contribution in [0.2, 0.25) is 0 Å². The number of nitrogens with zero attached hydrogens (tertiary/aromatic N) is 1. The number of rotatable bonds is 8. The number of hydrogen-bond acceptors (Lipinski definition) is 6. The number of benzene rings is 2. The van der Waals surface area contributed by atoms with Gasteiger partial charge in [0.1, 0.15) is 6.10 Å². The SMILES string of the molecule is COCC1NC(=O)C(CC(=O)N2CCCC2CO)CC=CCCCC(Cc2ccccc2)C(=O)OC1c1ccccc1. The maximum absolute atomic E-state index is 13.8. The largest absolute Gasteiger partial charge is 0.455 e. The smallest absolute Gasteiger partial charge is 0.309 e. The second-order valence-corrected chi connectivity index (χ2v) is 11.3. The number of likely N-dealkylation sites (tertiary alicyclic amines) is 1. The Labute approximate surface area is 249 Å². The van der Waals surface area contributed by atoms with Gasteiger partial charge in [-0.15, -0.1) is 0 Å². The summed E-state index contributed by atoms with van der Waals surface area (Å²) in [5.74, 6) is -1.66. The number of ether oxygens (including phenoxy) is 2. The lowest BCUT2D eigenvalue weighted by Gasteiger charge is -2.31. The molecule has 4 rings (SSSR count). The molecule has 2 aliphatic heterocycles. The summed E-state index contributed by atoms with van der Waals surface area (Å²) < 4.78 is 11.8. The highest BCUT2D eigenvalue weighted by molar-refractivity contribution is 5.86. The first-order chi connectivity index (χ1) is 20.5. The number of esters is 1. The van der Waals surface area contributed by atoms with Gasteiger partial charge in [-0.2, -0.15) is 0 Å². The van der Waals surface area contributed by atoms with E-state index in [0.717, 1.165) is 36.8 Å². The second kappa shape index (κ2) is 16.2. The lowest BCUT2D eigenvalue weighted by Crippen LogP contribution is -2.47. The molecule has 2 aromatic rings. The van der Waals surface area contributed by atoms with Crippen LogP contribution in [0.25, 0.3) is 0 Å². The van der Waals surface area contributed by atoms with Crippen LogP contribution < -0.4 is 5.32 Å². The Morgan fingerprint density at radius 3 is 2.45 bits per heavy atom. The number of cyclic esters (lactones) is 1. The first-order valence-corrected chi connectivity index (χ1v) is 15.1.